The third-order valence-electron chi connectivity index (χ3n) is 0.813. The SMILES string of the molecule is CS/C(=C\N=O)N(C)C. The van der Waals surface area contributed by atoms with Crippen molar-refractivity contribution in [2.24, 2.45) is 5.18 Å². The van der Waals surface area contributed by atoms with Crippen LogP contribution in [0.2, 0.25) is 0 Å². The van der Waals surface area contributed by atoms with Crippen molar-refractivity contribution in [1.82, 2.24) is 4.90 Å². The number of hydrogen-bond donors (Lipinski definition) is 0. The molecular weight excluding hydrogens is 136 g/mol. The van der Waals surface area contributed by atoms with Crippen LogP contribution < -0.4 is 0 Å². The lowest BCUT2D eigenvalue weighted by Gasteiger charge is -2.11. The topological polar surface area (TPSA) is 32.7 Å². The van der Waals surface area contributed by atoms with E-state index in [9.17, 15) is 4.91 Å². The van der Waals surface area contributed by atoms with Crippen molar-refractivity contribution in [2.75, 3.05) is 20.4 Å². The molecule has 52 valence electrons. The van der Waals surface area contributed by atoms with Crippen LogP contribution in [0.5, 0.6) is 0 Å². The molecule has 0 rings (SSSR count). The normalized spacial score (nSPS) is 11.2. The lowest BCUT2D eigenvalue weighted by molar-refractivity contribution is 0.549. The molecule has 0 aliphatic carbocycles. The first kappa shape index (κ1) is 8.49. The molecule has 0 heterocycles. The number of rotatable bonds is 3. The Morgan fingerprint density at radius 3 is 2.33 bits per heavy atom. The lowest BCUT2D eigenvalue weighted by Crippen LogP contribution is -2.07. The van der Waals surface area contributed by atoms with Gasteiger partial charge in [-0.15, -0.1) is 16.7 Å². The standard InChI is InChI=1S/C5H10N2OS/c1-7(2)5(9-3)4-6-8/h4H,1-3H3/b5-4-. The molecule has 0 aliphatic rings. The minimum absolute atomic E-state index is 0.866. The molecule has 9 heavy (non-hydrogen) atoms. The average molecular weight is 146 g/mol. The van der Waals surface area contributed by atoms with Gasteiger partial charge >= 0.3 is 0 Å². The van der Waals surface area contributed by atoms with Crippen LogP contribution in [0.15, 0.2) is 16.4 Å². The molecule has 0 aromatic carbocycles. The first-order valence-electron chi connectivity index (χ1n) is 2.46. The molecule has 0 unspecified atom stereocenters. The molecule has 0 spiro atoms. The van der Waals surface area contributed by atoms with Crippen molar-refractivity contribution in [3.8, 4) is 0 Å². The Morgan fingerprint density at radius 2 is 2.22 bits per heavy atom. The molecule has 0 saturated carbocycles. The van der Waals surface area contributed by atoms with Gasteiger partial charge in [0.25, 0.3) is 0 Å². The van der Waals surface area contributed by atoms with E-state index in [0.717, 1.165) is 5.03 Å². The molecule has 0 aliphatic heterocycles. The Morgan fingerprint density at radius 1 is 1.67 bits per heavy atom. The predicted molar refractivity (Wildman–Crippen MR) is 41.1 cm³/mol. The average Bonchev–Trinajstić information content (AvgIpc) is 1.82. The molecule has 0 aromatic heterocycles. The Bertz CT molecular complexity index is 122. The van der Waals surface area contributed by atoms with Crippen LogP contribution >= 0.6 is 11.8 Å². The summed E-state index contributed by atoms with van der Waals surface area (Å²) in [7, 11) is 3.74. The van der Waals surface area contributed by atoms with E-state index >= 15 is 0 Å². The maximum Gasteiger partial charge on any atom is 0.101 e. The van der Waals surface area contributed by atoms with Gasteiger partial charge in [0.2, 0.25) is 0 Å². The fourth-order valence-corrected chi connectivity index (χ4v) is 0.909. The molecule has 3 nitrogen and oxygen atoms in total. The fourth-order valence-electron chi connectivity index (χ4n) is 0.396. The van der Waals surface area contributed by atoms with Crippen molar-refractivity contribution in [3.05, 3.63) is 16.1 Å². The summed E-state index contributed by atoms with van der Waals surface area (Å²) >= 11 is 1.50. The van der Waals surface area contributed by atoms with Crippen molar-refractivity contribution < 1.29 is 0 Å². The van der Waals surface area contributed by atoms with Crippen LogP contribution in [-0.4, -0.2) is 25.3 Å². The monoisotopic (exact) mass is 146 g/mol. The van der Waals surface area contributed by atoms with E-state index in [1.165, 1.54) is 18.0 Å². The second-order valence-corrected chi connectivity index (χ2v) is 2.50. The molecule has 0 amide bonds. The van der Waals surface area contributed by atoms with E-state index < -0.39 is 0 Å². The Labute approximate surface area is 59.1 Å². The van der Waals surface area contributed by atoms with Gasteiger partial charge in [0.1, 0.15) is 6.20 Å². The van der Waals surface area contributed by atoms with Gasteiger partial charge in [-0.25, -0.2) is 0 Å². The van der Waals surface area contributed by atoms with Gasteiger partial charge in [-0.1, -0.05) is 0 Å². The minimum atomic E-state index is 0.866. The quantitative estimate of drug-likeness (QED) is 0.565. The summed E-state index contributed by atoms with van der Waals surface area (Å²) in [5.74, 6) is 0. The van der Waals surface area contributed by atoms with Crippen LogP contribution in [0.3, 0.4) is 0 Å². The second kappa shape index (κ2) is 4.38. The Kier molecular flexibility index (Phi) is 4.13. The van der Waals surface area contributed by atoms with E-state index in [-0.39, 0.29) is 0 Å². The summed E-state index contributed by atoms with van der Waals surface area (Å²) in [5, 5.41) is 3.52. The van der Waals surface area contributed by atoms with E-state index in [4.69, 9.17) is 0 Å². The van der Waals surface area contributed by atoms with Crippen molar-refractivity contribution in [1.29, 1.82) is 0 Å². The summed E-state index contributed by atoms with van der Waals surface area (Å²) in [6, 6.07) is 0. The first-order valence-corrected chi connectivity index (χ1v) is 3.68. The van der Waals surface area contributed by atoms with Gasteiger partial charge in [0.05, 0.1) is 5.03 Å². The zero-order valence-corrected chi connectivity index (χ0v) is 6.60. The maximum absolute atomic E-state index is 9.71. The predicted octanol–water partition coefficient (Wildman–Crippen LogP) is 1.48. The minimum Gasteiger partial charge on any atom is -0.371 e. The number of thioether (sulfide) groups is 1. The van der Waals surface area contributed by atoms with E-state index in [1.807, 2.05) is 25.3 Å². The molecule has 0 saturated heterocycles. The van der Waals surface area contributed by atoms with Gasteiger partial charge in [0, 0.05) is 14.1 Å². The first-order chi connectivity index (χ1) is 4.22. The molecule has 0 N–H and O–H groups in total. The third-order valence-corrected chi connectivity index (χ3v) is 1.70. The summed E-state index contributed by atoms with van der Waals surface area (Å²) in [6.07, 6.45) is 3.20. The maximum atomic E-state index is 9.71. The largest absolute Gasteiger partial charge is 0.371 e. The molecule has 0 bridgehead atoms. The van der Waals surface area contributed by atoms with E-state index in [0.29, 0.717) is 0 Å². The van der Waals surface area contributed by atoms with Crippen molar-refractivity contribution in [3.63, 3.8) is 0 Å². The van der Waals surface area contributed by atoms with Gasteiger partial charge in [-0.05, 0) is 11.4 Å². The highest BCUT2D eigenvalue weighted by atomic mass is 32.2. The molecule has 0 aromatic rings. The van der Waals surface area contributed by atoms with Crippen LogP contribution in [-0.2, 0) is 0 Å². The number of nitroso groups, excluding NO2 is 1. The van der Waals surface area contributed by atoms with Gasteiger partial charge in [-0.2, -0.15) is 0 Å². The summed E-state index contributed by atoms with van der Waals surface area (Å²) < 4.78 is 0. The van der Waals surface area contributed by atoms with Crippen LogP contribution in [0, 0.1) is 4.91 Å². The molecule has 0 atom stereocenters. The molecule has 4 heteroatoms. The molecular formula is C5H10N2OS. The third kappa shape index (κ3) is 3.13. The van der Waals surface area contributed by atoms with Gasteiger partial charge in [-0.3, -0.25) is 0 Å². The van der Waals surface area contributed by atoms with Crippen molar-refractivity contribution in [2.45, 2.75) is 0 Å². The van der Waals surface area contributed by atoms with Crippen LogP contribution in [0.25, 0.3) is 0 Å². The molecule has 0 radical (unpaired) electrons. The van der Waals surface area contributed by atoms with E-state index in [2.05, 4.69) is 5.18 Å². The van der Waals surface area contributed by atoms with Gasteiger partial charge < -0.3 is 4.90 Å². The van der Waals surface area contributed by atoms with Crippen LogP contribution in [0.1, 0.15) is 0 Å². The van der Waals surface area contributed by atoms with Crippen LogP contribution in [0.4, 0.5) is 0 Å². The van der Waals surface area contributed by atoms with Gasteiger partial charge in [0.15, 0.2) is 0 Å². The summed E-state index contributed by atoms with van der Waals surface area (Å²) in [4.78, 5) is 11.6. The number of hydrogen-bond acceptors (Lipinski definition) is 4. The second-order valence-electron chi connectivity index (χ2n) is 1.67. The summed E-state index contributed by atoms with van der Waals surface area (Å²) in [5.41, 5.74) is 0. The zero-order valence-electron chi connectivity index (χ0n) is 5.79. The highest BCUT2D eigenvalue weighted by molar-refractivity contribution is 8.02. The number of nitrogens with zero attached hydrogens (tertiary/aromatic N) is 2. The van der Waals surface area contributed by atoms with Crippen molar-refractivity contribution >= 4 is 11.8 Å². The smallest absolute Gasteiger partial charge is 0.101 e. The zero-order chi connectivity index (χ0) is 7.28. The Hall–Kier alpha value is -0.510. The van der Waals surface area contributed by atoms with E-state index in [1.54, 1.807) is 0 Å². The Balaban J connectivity index is 3.96. The fraction of sp³-hybridized carbons (Fsp3) is 0.600. The summed E-state index contributed by atoms with van der Waals surface area (Å²) in [6.45, 7) is 0. The highest BCUT2D eigenvalue weighted by Gasteiger charge is 1.94. The lowest BCUT2D eigenvalue weighted by atomic mass is 10.8. The molecule has 0 fully saturated rings. The highest BCUT2D eigenvalue weighted by Crippen LogP contribution is 2.12.